The highest BCUT2D eigenvalue weighted by atomic mass is 16.7. The summed E-state index contributed by atoms with van der Waals surface area (Å²) in [6.45, 7) is 5.84. The number of aliphatic hydroxyl groups is 2. The van der Waals surface area contributed by atoms with Crippen molar-refractivity contribution in [3.8, 4) is 0 Å². The number of β-amino-alcohol motifs (C(OH)–C–C–N with tert-alkyl or cyclic N) is 1. The van der Waals surface area contributed by atoms with E-state index in [2.05, 4.69) is 17.1 Å². The van der Waals surface area contributed by atoms with Gasteiger partial charge in [0.05, 0.1) is 24.9 Å². The minimum Gasteiger partial charge on any atom is -0.392 e. The molecule has 32 heavy (non-hydrogen) atoms. The molecule has 5 atom stereocenters. The van der Waals surface area contributed by atoms with Gasteiger partial charge >= 0.3 is 0 Å². The second-order valence-corrected chi connectivity index (χ2v) is 8.83. The molecule has 1 amide bonds. The first-order valence-electron chi connectivity index (χ1n) is 11.2. The number of hydrogen-bond acceptors (Lipinski definition) is 6. The molecule has 2 aromatic carbocycles. The molecule has 0 saturated carbocycles. The number of aliphatic hydroxyl groups excluding tert-OH is 2. The topological polar surface area (TPSA) is 91.3 Å². The van der Waals surface area contributed by atoms with E-state index in [9.17, 15) is 15.0 Å². The van der Waals surface area contributed by atoms with Gasteiger partial charge in [-0.2, -0.15) is 0 Å². The van der Waals surface area contributed by atoms with Crippen LogP contribution in [0.25, 0.3) is 0 Å². The molecule has 0 aliphatic carbocycles. The van der Waals surface area contributed by atoms with Crippen LogP contribution in [0, 0.1) is 5.92 Å². The Morgan fingerprint density at radius 2 is 1.94 bits per heavy atom. The molecule has 0 aromatic heterocycles. The van der Waals surface area contributed by atoms with Crippen molar-refractivity contribution in [1.82, 2.24) is 4.90 Å². The van der Waals surface area contributed by atoms with E-state index in [1.807, 2.05) is 48.5 Å². The van der Waals surface area contributed by atoms with E-state index < -0.39 is 6.29 Å². The molecule has 2 aromatic rings. The number of carbonyl (C=O) groups excluding carboxylic acids is 1. The predicted octanol–water partition coefficient (Wildman–Crippen LogP) is 3.00. The average Bonchev–Trinajstić information content (AvgIpc) is 3.19. The number of hydrogen-bond donors (Lipinski definition) is 3. The van der Waals surface area contributed by atoms with Crippen LogP contribution in [-0.4, -0.2) is 52.9 Å². The van der Waals surface area contributed by atoms with Crippen LogP contribution in [0.2, 0.25) is 0 Å². The second kappa shape index (κ2) is 10.1. The quantitative estimate of drug-likeness (QED) is 0.640. The Hall–Kier alpha value is -2.29. The molecule has 4 rings (SSSR count). The molecule has 7 heteroatoms. The van der Waals surface area contributed by atoms with Crippen LogP contribution in [0.1, 0.15) is 49.4 Å². The molecule has 0 unspecified atom stereocenters. The molecule has 7 nitrogen and oxygen atoms in total. The first-order valence-corrected chi connectivity index (χ1v) is 11.2. The Balaban J connectivity index is 1.60. The highest BCUT2D eigenvalue weighted by molar-refractivity contribution is 5.88. The summed E-state index contributed by atoms with van der Waals surface area (Å²) >= 11 is 0. The van der Waals surface area contributed by atoms with E-state index in [-0.39, 0.29) is 36.7 Å². The lowest BCUT2D eigenvalue weighted by Crippen LogP contribution is -2.44. The van der Waals surface area contributed by atoms with Gasteiger partial charge in [-0.05, 0) is 29.7 Å². The normalized spacial score (nSPS) is 28.6. The molecular formula is C25H32N2O5. The van der Waals surface area contributed by atoms with Gasteiger partial charge < -0.3 is 25.0 Å². The fourth-order valence-electron chi connectivity index (χ4n) is 4.53. The molecule has 172 valence electrons. The molecule has 2 aliphatic heterocycles. The van der Waals surface area contributed by atoms with Crippen LogP contribution >= 0.6 is 0 Å². The molecule has 3 N–H and O–H groups in total. The third-order valence-electron chi connectivity index (χ3n) is 6.29. The van der Waals surface area contributed by atoms with E-state index in [1.165, 1.54) is 6.92 Å². The number of anilines is 1. The molecule has 0 bridgehead atoms. The number of nitrogens with one attached hydrogen (secondary N) is 1. The van der Waals surface area contributed by atoms with Gasteiger partial charge in [0.1, 0.15) is 0 Å². The van der Waals surface area contributed by atoms with E-state index in [0.29, 0.717) is 18.8 Å². The Labute approximate surface area is 189 Å². The van der Waals surface area contributed by atoms with Crippen LogP contribution in [0.3, 0.4) is 0 Å². The van der Waals surface area contributed by atoms with Gasteiger partial charge in [-0.15, -0.1) is 0 Å². The van der Waals surface area contributed by atoms with E-state index in [1.54, 1.807) is 0 Å². The van der Waals surface area contributed by atoms with Gasteiger partial charge in [-0.1, -0.05) is 43.3 Å². The molecule has 2 saturated heterocycles. The fourth-order valence-corrected chi connectivity index (χ4v) is 4.53. The fraction of sp³-hybridized carbons (Fsp3) is 0.480. The van der Waals surface area contributed by atoms with Gasteiger partial charge in [0.15, 0.2) is 6.29 Å². The van der Waals surface area contributed by atoms with Crippen LogP contribution < -0.4 is 5.32 Å². The minimum absolute atomic E-state index is 0.00292. The Morgan fingerprint density at radius 3 is 2.59 bits per heavy atom. The number of ether oxygens (including phenoxy) is 2. The van der Waals surface area contributed by atoms with Crippen molar-refractivity contribution in [3.63, 3.8) is 0 Å². The van der Waals surface area contributed by atoms with Crippen LogP contribution in [0.15, 0.2) is 48.5 Å². The molecular weight excluding hydrogens is 408 g/mol. The number of rotatable bonds is 6. The summed E-state index contributed by atoms with van der Waals surface area (Å²) in [5, 5.41) is 22.1. The summed E-state index contributed by atoms with van der Waals surface area (Å²) < 4.78 is 12.9. The zero-order valence-corrected chi connectivity index (χ0v) is 18.6. The zero-order chi connectivity index (χ0) is 22.7. The second-order valence-electron chi connectivity index (χ2n) is 8.83. The largest absolute Gasteiger partial charge is 0.392 e. The van der Waals surface area contributed by atoms with Gasteiger partial charge in [-0.3, -0.25) is 9.69 Å². The van der Waals surface area contributed by atoms with E-state index in [4.69, 9.17) is 9.47 Å². The third-order valence-corrected chi connectivity index (χ3v) is 6.29. The highest BCUT2D eigenvalue weighted by Crippen LogP contribution is 2.42. The number of nitrogens with zero attached hydrogens (tertiary/aromatic N) is 1. The summed E-state index contributed by atoms with van der Waals surface area (Å²) in [5.74, 6) is -0.0453. The van der Waals surface area contributed by atoms with Crippen LogP contribution in [0.5, 0.6) is 0 Å². The molecule has 2 aliphatic rings. The summed E-state index contributed by atoms with van der Waals surface area (Å²) in [6, 6.07) is 15.4. The van der Waals surface area contributed by atoms with Gasteiger partial charge in [0, 0.05) is 43.7 Å². The summed E-state index contributed by atoms with van der Waals surface area (Å²) in [6.07, 6.45) is -0.363. The Bertz CT molecular complexity index is 919. The standard InChI is InChI=1S/C25H32N2O5/c1-16-23(14-27-11-10-22(30)13-27)31-25(20-4-3-5-21(12-20)26-17(2)29)32-24(16)19-8-6-18(15-28)7-9-19/h3-9,12,16,22-25,28,30H,10-11,13-15H2,1-2H3,(H,26,29)/t16-,22+,23+,24+,25+/m1/s1. The maximum atomic E-state index is 11.5. The lowest BCUT2D eigenvalue weighted by molar-refractivity contribution is -0.276. The lowest BCUT2D eigenvalue weighted by Gasteiger charge is -2.42. The van der Waals surface area contributed by atoms with Gasteiger partial charge in [-0.25, -0.2) is 0 Å². The maximum absolute atomic E-state index is 11.5. The summed E-state index contributed by atoms with van der Waals surface area (Å²) in [5.41, 5.74) is 3.43. The van der Waals surface area contributed by atoms with E-state index >= 15 is 0 Å². The number of benzene rings is 2. The number of amides is 1. The van der Waals surface area contributed by atoms with Crippen molar-refractivity contribution in [2.45, 2.75) is 51.5 Å². The van der Waals surface area contributed by atoms with Crippen molar-refractivity contribution in [3.05, 3.63) is 65.2 Å². The number of carbonyl (C=O) groups is 1. The molecule has 0 radical (unpaired) electrons. The van der Waals surface area contributed by atoms with Gasteiger partial charge in [0.25, 0.3) is 0 Å². The number of likely N-dealkylation sites (tertiary alicyclic amines) is 1. The SMILES string of the molecule is CC(=O)Nc1cccc([C@H]2O[C@@H](CN3CC[C@H](O)C3)[C@@H](C)[C@@H](c3ccc(CO)cc3)O2)c1. The monoisotopic (exact) mass is 440 g/mol. The molecule has 2 fully saturated rings. The zero-order valence-electron chi connectivity index (χ0n) is 18.6. The van der Waals surface area contributed by atoms with Crippen molar-refractivity contribution < 1.29 is 24.5 Å². The Kier molecular flexibility index (Phi) is 7.23. The van der Waals surface area contributed by atoms with Crippen LogP contribution in [0.4, 0.5) is 5.69 Å². The minimum atomic E-state index is -0.583. The first kappa shape index (κ1) is 22.9. The smallest absolute Gasteiger partial charge is 0.221 e. The van der Waals surface area contributed by atoms with E-state index in [0.717, 1.165) is 29.7 Å². The molecule has 2 heterocycles. The Morgan fingerprint density at radius 1 is 1.16 bits per heavy atom. The lowest BCUT2D eigenvalue weighted by atomic mass is 9.90. The summed E-state index contributed by atoms with van der Waals surface area (Å²) in [4.78, 5) is 13.7. The van der Waals surface area contributed by atoms with Crippen molar-refractivity contribution in [2.24, 2.45) is 5.92 Å². The third kappa shape index (κ3) is 5.36. The summed E-state index contributed by atoms with van der Waals surface area (Å²) in [7, 11) is 0. The van der Waals surface area contributed by atoms with Crippen molar-refractivity contribution in [1.29, 1.82) is 0 Å². The van der Waals surface area contributed by atoms with Crippen molar-refractivity contribution in [2.75, 3.05) is 25.0 Å². The van der Waals surface area contributed by atoms with Crippen molar-refractivity contribution >= 4 is 11.6 Å². The highest BCUT2D eigenvalue weighted by Gasteiger charge is 2.39. The maximum Gasteiger partial charge on any atom is 0.221 e. The van der Waals surface area contributed by atoms with Crippen LogP contribution in [-0.2, 0) is 20.9 Å². The van der Waals surface area contributed by atoms with Gasteiger partial charge in [0.2, 0.25) is 5.91 Å². The molecule has 0 spiro atoms. The predicted molar refractivity (Wildman–Crippen MR) is 121 cm³/mol. The average molecular weight is 441 g/mol. The first-order chi connectivity index (χ1) is 15.4.